The molecule has 0 bridgehead atoms. The summed E-state index contributed by atoms with van der Waals surface area (Å²) in [5.74, 6) is 0. The van der Waals surface area contributed by atoms with Crippen molar-refractivity contribution in [2.24, 2.45) is 0 Å². The lowest BCUT2D eigenvalue weighted by Gasteiger charge is -2.08. The Bertz CT molecular complexity index is 287. The van der Waals surface area contributed by atoms with Crippen LogP contribution in [-0.4, -0.2) is 12.9 Å². The first-order chi connectivity index (χ1) is 6.01. The second-order valence-corrected chi connectivity index (χ2v) is 7.26. The number of alkyl halides is 3. The van der Waals surface area contributed by atoms with Crippen molar-refractivity contribution >= 4 is 55.6 Å². The van der Waals surface area contributed by atoms with Crippen LogP contribution in [-0.2, 0) is 0 Å². The lowest BCUT2D eigenvalue weighted by atomic mass is 10.2. The van der Waals surface area contributed by atoms with E-state index in [0.717, 1.165) is 10.8 Å². The summed E-state index contributed by atoms with van der Waals surface area (Å²) < 4.78 is -1.18. The Kier molecular flexibility index (Phi) is 3.86. The van der Waals surface area contributed by atoms with E-state index in [2.05, 4.69) is 6.58 Å². The summed E-state index contributed by atoms with van der Waals surface area (Å²) >= 11 is 17.0. The molecule has 0 amide bonds. The first-order valence-corrected chi connectivity index (χ1v) is 5.72. The van der Waals surface area contributed by atoms with Gasteiger partial charge in [-0.2, -0.15) is 0 Å². The molecule has 1 aromatic carbocycles. The molecule has 0 saturated heterocycles. The summed E-state index contributed by atoms with van der Waals surface area (Å²) in [6.07, 6.45) is 1.78. The highest BCUT2D eigenvalue weighted by Crippen LogP contribution is 2.23. The molecule has 0 N–H and O–H groups in total. The molecule has 1 aromatic rings. The highest BCUT2D eigenvalue weighted by Gasteiger charge is 2.21. The smallest absolute Gasteiger partial charge is 0.0985 e. The fourth-order valence-corrected chi connectivity index (χ4v) is 2.51. The van der Waals surface area contributed by atoms with Crippen molar-refractivity contribution in [3.63, 3.8) is 0 Å². The molecule has 0 aliphatic rings. The Morgan fingerprint density at radius 2 is 1.69 bits per heavy atom. The summed E-state index contributed by atoms with van der Waals surface area (Å²) in [6.45, 7) is 3.66. The second kappa shape index (κ2) is 4.51. The van der Waals surface area contributed by atoms with Crippen LogP contribution in [0.1, 0.15) is 5.56 Å². The highest BCUT2D eigenvalue weighted by atomic mass is 35.6. The normalized spacial score (nSPS) is 11.3. The Balaban J connectivity index is 2.75. The predicted octanol–water partition coefficient (Wildman–Crippen LogP) is 2.99. The van der Waals surface area contributed by atoms with E-state index in [1.165, 1.54) is 0 Å². The van der Waals surface area contributed by atoms with Crippen LogP contribution in [0.25, 0.3) is 6.08 Å². The van der Waals surface area contributed by atoms with Crippen molar-refractivity contribution in [3.8, 4) is 0 Å². The van der Waals surface area contributed by atoms with Gasteiger partial charge in [0.2, 0.25) is 0 Å². The van der Waals surface area contributed by atoms with Crippen LogP contribution in [0.4, 0.5) is 0 Å². The first-order valence-electron chi connectivity index (χ1n) is 3.59. The van der Waals surface area contributed by atoms with E-state index in [0.29, 0.717) is 0 Å². The standard InChI is InChI=1S/C9H7Cl3Si/c1-2-7-3-5-8(6-4-7)13-9(10,11)12/h2-6H,1H2. The predicted molar refractivity (Wildman–Crippen MR) is 62.2 cm³/mol. The molecule has 0 atom stereocenters. The molecule has 68 valence electrons. The summed E-state index contributed by atoms with van der Waals surface area (Å²) in [5.41, 5.74) is 1.07. The summed E-state index contributed by atoms with van der Waals surface area (Å²) in [7, 11) is 0.174. The van der Waals surface area contributed by atoms with Gasteiger partial charge in [-0.1, -0.05) is 76.9 Å². The minimum Gasteiger partial charge on any atom is -0.0985 e. The molecular weight excluding hydrogens is 243 g/mol. The van der Waals surface area contributed by atoms with Gasteiger partial charge in [0.25, 0.3) is 0 Å². The Morgan fingerprint density at radius 1 is 1.15 bits per heavy atom. The zero-order chi connectivity index (χ0) is 9.90. The van der Waals surface area contributed by atoms with Gasteiger partial charge in [0.05, 0.1) is 0 Å². The van der Waals surface area contributed by atoms with E-state index in [9.17, 15) is 0 Å². The third kappa shape index (κ3) is 4.18. The van der Waals surface area contributed by atoms with Crippen molar-refractivity contribution in [1.29, 1.82) is 0 Å². The maximum atomic E-state index is 5.66. The van der Waals surface area contributed by atoms with Crippen molar-refractivity contribution in [1.82, 2.24) is 0 Å². The molecule has 0 spiro atoms. The van der Waals surface area contributed by atoms with Gasteiger partial charge < -0.3 is 0 Å². The van der Waals surface area contributed by atoms with Crippen molar-refractivity contribution in [3.05, 3.63) is 36.4 Å². The van der Waals surface area contributed by atoms with Gasteiger partial charge in [0.1, 0.15) is 9.52 Å². The quantitative estimate of drug-likeness (QED) is 0.558. The number of rotatable bonds is 2. The number of halogens is 3. The molecule has 13 heavy (non-hydrogen) atoms. The van der Waals surface area contributed by atoms with E-state index in [1.54, 1.807) is 6.08 Å². The monoisotopic (exact) mass is 248 g/mol. The van der Waals surface area contributed by atoms with Crippen LogP contribution in [0.15, 0.2) is 30.8 Å². The van der Waals surface area contributed by atoms with Gasteiger partial charge in [-0.05, 0) is 5.56 Å². The molecule has 4 heteroatoms. The molecule has 0 aromatic heterocycles. The molecule has 2 radical (unpaired) electrons. The summed E-state index contributed by atoms with van der Waals surface area (Å²) in [6, 6.07) is 7.78. The number of benzene rings is 1. The average molecular weight is 250 g/mol. The SMILES string of the molecule is C=Cc1ccc([Si]C(Cl)(Cl)Cl)cc1. The lowest BCUT2D eigenvalue weighted by molar-refractivity contribution is 1.66. The fourth-order valence-electron chi connectivity index (χ4n) is 0.866. The van der Waals surface area contributed by atoms with E-state index in [4.69, 9.17) is 34.8 Å². The van der Waals surface area contributed by atoms with Crippen LogP contribution < -0.4 is 5.19 Å². The van der Waals surface area contributed by atoms with Crippen molar-refractivity contribution in [2.45, 2.75) is 3.42 Å². The van der Waals surface area contributed by atoms with Gasteiger partial charge in [-0.3, -0.25) is 0 Å². The van der Waals surface area contributed by atoms with Gasteiger partial charge in [-0.15, -0.1) is 0 Å². The zero-order valence-corrected chi connectivity index (χ0v) is 10.00. The molecule has 0 fully saturated rings. The minimum absolute atomic E-state index is 0.174. The summed E-state index contributed by atoms with van der Waals surface area (Å²) in [4.78, 5) is 0. The van der Waals surface area contributed by atoms with Crippen LogP contribution in [0.2, 0.25) is 0 Å². The maximum Gasteiger partial charge on any atom is 0.177 e. The summed E-state index contributed by atoms with van der Waals surface area (Å²) in [5, 5.41) is 1.03. The Morgan fingerprint density at radius 3 is 2.08 bits per heavy atom. The molecule has 0 nitrogen and oxygen atoms in total. The van der Waals surface area contributed by atoms with Gasteiger partial charge >= 0.3 is 0 Å². The van der Waals surface area contributed by atoms with Gasteiger partial charge in [-0.25, -0.2) is 0 Å². The molecule has 1 rings (SSSR count). The molecule has 0 aliphatic carbocycles. The molecular formula is C9H7Cl3Si. The van der Waals surface area contributed by atoms with Crippen LogP contribution in [0.5, 0.6) is 0 Å². The van der Waals surface area contributed by atoms with Gasteiger partial charge in [0.15, 0.2) is 3.42 Å². The topological polar surface area (TPSA) is 0 Å². The minimum atomic E-state index is -1.18. The van der Waals surface area contributed by atoms with Crippen molar-refractivity contribution < 1.29 is 0 Å². The third-order valence-electron chi connectivity index (χ3n) is 1.43. The maximum absolute atomic E-state index is 5.66. The lowest BCUT2D eigenvalue weighted by Crippen LogP contribution is -2.27. The van der Waals surface area contributed by atoms with Gasteiger partial charge in [0, 0.05) is 0 Å². The number of hydrogen-bond acceptors (Lipinski definition) is 0. The van der Waals surface area contributed by atoms with E-state index >= 15 is 0 Å². The zero-order valence-electron chi connectivity index (χ0n) is 6.73. The van der Waals surface area contributed by atoms with Crippen LogP contribution in [0, 0.1) is 0 Å². The third-order valence-corrected chi connectivity index (χ3v) is 3.19. The van der Waals surface area contributed by atoms with E-state index in [-0.39, 0.29) is 9.52 Å². The van der Waals surface area contributed by atoms with Crippen molar-refractivity contribution in [2.75, 3.05) is 0 Å². The fraction of sp³-hybridized carbons (Fsp3) is 0.111. The number of hydrogen-bond donors (Lipinski definition) is 0. The molecule has 0 aliphatic heterocycles. The Labute approximate surface area is 95.3 Å². The van der Waals surface area contributed by atoms with E-state index < -0.39 is 3.42 Å². The Hall–Kier alpha value is 0.0469. The highest BCUT2D eigenvalue weighted by molar-refractivity contribution is 6.91. The van der Waals surface area contributed by atoms with Crippen LogP contribution >= 0.6 is 34.8 Å². The largest absolute Gasteiger partial charge is 0.177 e. The molecule has 0 saturated carbocycles. The molecule has 0 heterocycles. The van der Waals surface area contributed by atoms with Crippen LogP contribution in [0.3, 0.4) is 0 Å². The second-order valence-electron chi connectivity index (χ2n) is 2.45. The first kappa shape index (κ1) is 11.1. The van der Waals surface area contributed by atoms with E-state index in [1.807, 2.05) is 24.3 Å². The molecule has 0 unspecified atom stereocenters. The average Bonchev–Trinajstić information content (AvgIpc) is 2.03.